The van der Waals surface area contributed by atoms with Gasteiger partial charge in [-0.1, -0.05) is 42.1 Å². The van der Waals surface area contributed by atoms with Crippen LogP contribution in [0.15, 0.2) is 18.2 Å². The molecular weight excluding hydrogens is 322 g/mol. The third-order valence-corrected chi connectivity index (χ3v) is 4.98. The molecule has 0 bridgehead atoms. The normalized spacial score (nSPS) is 24.9. The third-order valence-electron chi connectivity index (χ3n) is 4.25. The number of benzene rings is 1. The summed E-state index contributed by atoms with van der Waals surface area (Å²) in [5, 5.41) is 0.831. The first-order valence-corrected chi connectivity index (χ1v) is 7.81. The highest BCUT2D eigenvalue weighted by atomic mass is 35.5. The van der Waals surface area contributed by atoms with Gasteiger partial charge in [-0.2, -0.15) is 13.2 Å². The van der Waals surface area contributed by atoms with E-state index in [-0.39, 0.29) is 6.42 Å². The van der Waals surface area contributed by atoms with Crippen molar-refractivity contribution in [2.75, 3.05) is 0 Å². The van der Waals surface area contributed by atoms with Gasteiger partial charge in [0.1, 0.15) is 0 Å². The van der Waals surface area contributed by atoms with E-state index in [0.717, 1.165) is 12.0 Å². The summed E-state index contributed by atoms with van der Waals surface area (Å²) in [7, 11) is 0. The molecule has 0 spiro atoms. The summed E-state index contributed by atoms with van der Waals surface area (Å²) in [5.41, 5.74) is 6.90. The largest absolute Gasteiger partial charge is 0.392 e. The van der Waals surface area contributed by atoms with Crippen molar-refractivity contribution in [2.24, 2.45) is 17.6 Å². The molecule has 1 aliphatic carbocycles. The van der Waals surface area contributed by atoms with Gasteiger partial charge in [-0.25, -0.2) is 0 Å². The van der Waals surface area contributed by atoms with Gasteiger partial charge in [-0.15, -0.1) is 0 Å². The molecule has 0 amide bonds. The Morgan fingerprint density at radius 2 is 1.81 bits per heavy atom. The molecule has 1 fully saturated rings. The lowest BCUT2D eigenvalue weighted by molar-refractivity contribution is -0.198. The molecule has 0 radical (unpaired) electrons. The van der Waals surface area contributed by atoms with E-state index < -0.39 is 24.1 Å². The van der Waals surface area contributed by atoms with Crippen LogP contribution in [-0.4, -0.2) is 12.2 Å². The number of hydrogen-bond donors (Lipinski definition) is 1. The van der Waals surface area contributed by atoms with Crippen LogP contribution in [0.3, 0.4) is 0 Å². The maximum Gasteiger partial charge on any atom is 0.392 e. The highest BCUT2D eigenvalue weighted by Crippen LogP contribution is 2.43. The van der Waals surface area contributed by atoms with E-state index in [1.54, 1.807) is 18.2 Å². The first kappa shape index (κ1) is 16.9. The molecule has 0 aromatic heterocycles. The minimum Gasteiger partial charge on any atom is -0.327 e. The standard InChI is InChI=1S/C15H18Cl2F3N/c16-12-6-5-9(7-13(12)17)8-14(21)10-3-1-2-4-11(10)15(18,19)20/h5-7,10-11,14H,1-4,8,21H2. The molecule has 3 atom stereocenters. The smallest absolute Gasteiger partial charge is 0.327 e. The predicted molar refractivity (Wildman–Crippen MR) is 79.6 cm³/mol. The van der Waals surface area contributed by atoms with Crippen LogP contribution in [0.25, 0.3) is 0 Å². The van der Waals surface area contributed by atoms with E-state index in [4.69, 9.17) is 28.9 Å². The van der Waals surface area contributed by atoms with Crippen LogP contribution in [0, 0.1) is 11.8 Å². The summed E-state index contributed by atoms with van der Waals surface area (Å²) in [6.07, 6.45) is -1.63. The van der Waals surface area contributed by atoms with E-state index in [2.05, 4.69) is 0 Å². The lowest BCUT2D eigenvalue weighted by atomic mass is 9.73. The van der Waals surface area contributed by atoms with Crippen LogP contribution < -0.4 is 5.73 Å². The summed E-state index contributed by atoms with van der Waals surface area (Å²) in [6.45, 7) is 0. The fraction of sp³-hybridized carbons (Fsp3) is 0.600. The zero-order chi connectivity index (χ0) is 15.6. The van der Waals surface area contributed by atoms with Crippen LogP contribution in [-0.2, 0) is 6.42 Å². The van der Waals surface area contributed by atoms with Crippen LogP contribution in [0.2, 0.25) is 10.0 Å². The monoisotopic (exact) mass is 339 g/mol. The Hall–Kier alpha value is -0.450. The molecule has 2 rings (SSSR count). The molecule has 21 heavy (non-hydrogen) atoms. The average Bonchev–Trinajstić information content (AvgIpc) is 2.42. The minimum absolute atomic E-state index is 0.184. The Bertz CT molecular complexity index is 490. The number of hydrogen-bond acceptors (Lipinski definition) is 1. The molecule has 1 aromatic rings. The Morgan fingerprint density at radius 1 is 1.14 bits per heavy atom. The molecule has 6 heteroatoms. The van der Waals surface area contributed by atoms with Gasteiger partial charge in [0.2, 0.25) is 0 Å². The van der Waals surface area contributed by atoms with Gasteiger partial charge in [-0.3, -0.25) is 0 Å². The molecule has 118 valence electrons. The van der Waals surface area contributed by atoms with Gasteiger partial charge in [0.15, 0.2) is 0 Å². The van der Waals surface area contributed by atoms with Gasteiger partial charge in [0.05, 0.1) is 16.0 Å². The Labute approximate surface area is 132 Å². The molecular formula is C15H18Cl2F3N. The molecule has 3 unspecified atom stereocenters. The van der Waals surface area contributed by atoms with Gasteiger partial charge < -0.3 is 5.73 Å². The van der Waals surface area contributed by atoms with Crippen molar-refractivity contribution in [3.05, 3.63) is 33.8 Å². The van der Waals surface area contributed by atoms with Crippen LogP contribution >= 0.6 is 23.2 Å². The first-order chi connectivity index (χ1) is 9.79. The van der Waals surface area contributed by atoms with Gasteiger partial charge in [0.25, 0.3) is 0 Å². The van der Waals surface area contributed by atoms with Crippen molar-refractivity contribution in [2.45, 2.75) is 44.3 Å². The molecule has 0 heterocycles. The maximum absolute atomic E-state index is 13.1. The zero-order valence-corrected chi connectivity index (χ0v) is 13.0. The average molecular weight is 340 g/mol. The molecule has 0 saturated heterocycles. The van der Waals surface area contributed by atoms with E-state index in [1.165, 1.54) is 0 Å². The topological polar surface area (TPSA) is 26.0 Å². The van der Waals surface area contributed by atoms with Crippen molar-refractivity contribution in [1.82, 2.24) is 0 Å². The number of halogens is 5. The van der Waals surface area contributed by atoms with E-state index in [9.17, 15) is 13.2 Å². The van der Waals surface area contributed by atoms with Crippen molar-refractivity contribution in [3.63, 3.8) is 0 Å². The molecule has 1 saturated carbocycles. The van der Waals surface area contributed by atoms with Gasteiger partial charge in [0, 0.05) is 6.04 Å². The highest BCUT2D eigenvalue weighted by Gasteiger charge is 2.47. The number of nitrogens with two attached hydrogens (primary N) is 1. The lowest BCUT2D eigenvalue weighted by Crippen LogP contribution is -2.44. The first-order valence-electron chi connectivity index (χ1n) is 7.05. The Balaban J connectivity index is 2.10. The Kier molecular flexibility index (Phi) is 5.44. The molecule has 1 aliphatic rings. The van der Waals surface area contributed by atoms with Crippen LogP contribution in [0.4, 0.5) is 13.2 Å². The van der Waals surface area contributed by atoms with Crippen LogP contribution in [0.1, 0.15) is 31.2 Å². The number of rotatable bonds is 3. The highest BCUT2D eigenvalue weighted by molar-refractivity contribution is 6.42. The Morgan fingerprint density at radius 3 is 2.43 bits per heavy atom. The van der Waals surface area contributed by atoms with Crippen molar-refractivity contribution >= 4 is 23.2 Å². The predicted octanol–water partition coefficient (Wildman–Crippen LogP) is 5.23. The van der Waals surface area contributed by atoms with E-state index in [0.29, 0.717) is 29.3 Å². The SMILES string of the molecule is NC(Cc1ccc(Cl)c(Cl)c1)C1CCCCC1C(F)(F)F. The third kappa shape index (κ3) is 4.27. The molecule has 1 aromatic carbocycles. The second-order valence-electron chi connectivity index (χ2n) is 5.71. The fourth-order valence-corrected chi connectivity index (χ4v) is 3.49. The quantitative estimate of drug-likeness (QED) is 0.801. The summed E-state index contributed by atoms with van der Waals surface area (Å²) in [4.78, 5) is 0. The summed E-state index contributed by atoms with van der Waals surface area (Å²) >= 11 is 11.8. The van der Waals surface area contributed by atoms with E-state index in [1.807, 2.05) is 0 Å². The minimum atomic E-state index is -4.17. The maximum atomic E-state index is 13.1. The van der Waals surface area contributed by atoms with Crippen molar-refractivity contribution < 1.29 is 13.2 Å². The zero-order valence-electron chi connectivity index (χ0n) is 11.5. The van der Waals surface area contributed by atoms with Crippen LogP contribution in [0.5, 0.6) is 0 Å². The fourth-order valence-electron chi connectivity index (χ4n) is 3.17. The number of alkyl halides is 3. The van der Waals surface area contributed by atoms with Gasteiger partial charge >= 0.3 is 6.18 Å². The second-order valence-corrected chi connectivity index (χ2v) is 6.53. The summed E-state index contributed by atoms with van der Waals surface area (Å²) < 4.78 is 39.3. The van der Waals surface area contributed by atoms with Gasteiger partial charge in [-0.05, 0) is 42.9 Å². The van der Waals surface area contributed by atoms with E-state index >= 15 is 0 Å². The van der Waals surface area contributed by atoms with Crippen molar-refractivity contribution in [1.29, 1.82) is 0 Å². The molecule has 0 aliphatic heterocycles. The molecule has 2 N–H and O–H groups in total. The lowest BCUT2D eigenvalue weighted by Gasteiger charge is -2.36. The molecule has 1 nitrogen and oxygen atoms in total. The second kappa shape index (κ2) is 6.76. The van der Waals surface area contributed by atoms with Crippen molar-refractivity contribution in [3.8, 4) is 0 Å². The summed E-state index contributed by atoms with van der Waals surface area (Å²) in [6, 6.07) is 4.57. The summed E-state index contributed by atoms with van der Waals surface area (Å²) in [5.74, 6) is -1.81.